The van der Waals surface area contributed by atoms with Crippen LogP contribution in [0.3, 0.4) is 0 Å². The van der Waals surface area contributed by atoms with Crippen molar-refractivity contribution in [1.29, 1.82) is 0 Å². The average molecular weight is 358 g/mol. The first-order chi connectivity index (χ1) is 12.2. The van der Waals surface area contributed by atoms with Crippen LogP contribution in [-0.4, -0.2) is 33.6 Å². The third-order valence-electron chi connectivity index (χ3n) is 4.33. The summed E-state index contributed by atoms with van der Waals surface area (Å²) in [6, 6.07) is 9.41. The van der Waals surface area contributed by atoms with E-state index in [1.165, 1.54) is 4.40 Å². The Morgan fingerprint density at radius 3 is 3.04 bits per heavy atom. The normalized spacial score (nSPS) is 17.2. The second-order valence-electron chi connectivity index (χ2n) is 6.04. The number of hydrogen-bond donors (Lipinski definition) is 0. The molecule has 0 saturated carbocycles. The van der Waals surface area contributed by atoms with Crippen molar-refractivity contribution in [2.45, 2.75) is 25.5 Å². The van der Waals surface area contributed by atoms with Gasteiger partial charge in [0.2, 0.25) is 11.5 Å². The fourth-order valence-electron chi connectivity index (χ4n) is 3.20. The lowest BCUT2D eigenvalue weighted by Crippen LogP contribution is -2.32. The molecule has 0 amide bonds. The van der Waals surface area contributed by atoms with E-state index in [0.717, 1.165) is 24.3 Å². The minimum Gasteiger partial charge on any atom is -0.376 e. The van der Waals surface area contributed by atoms with E-state index in [9.17, 15) is 10.1 Å². The van der Waals surface area contributed by atoms with Crippen LogP contribution < -0.4 is 4.90 Å². The maximum absolute atomic E-state index is 11.7. The van der Waals surface area contributed by atoms with Crippen LogP contribution in [0.2, 0.25) is 0 Å². The molecule has 1 fully saturated rings. The van der Waals surface area contributed by atoms with Gasteiger partial charge in [0.05, 0.1) is 18.8 Å². The molecule has 130 valence electrons. The van der Waals surface area contributed by atoms with Gasteiger partial charge in [-0.15, -0.1) is 11.3 Å². The van der Waals surface area contributed by atoms with Gasteiger partial charge in [-0.05, 0) is 35.3 Å². The highest BCUT2D eigenvalue weighted by molar-refractivity contribution is 7.09. The van der Waals surface area contributed by atoms with E-state index >= 15 is 0 Å². The summed E-state index contributed by atoms with van der Waals surface area (Å²) >= 11 is 1.64. The number of aromatic nitrogens is 2. The Kier molecular flexibility index (Phi) is 4.37. The smallest absolute Gasteiger partial charge is 0.372 e. The number of nitro groups is 1. The van der Waals surface area contributed by atoms with Crippen LogP contribution in [0.4, 0.5) is 11.6 Å². The Hall–Kier alpha value is -2.45. The number of ether oxygens (including phenoxy) is 1. The fraction of sp³-hybridized carbons (Fsp3) is 0.353. The molecule has 7 nitrogen and oxygen atoms in total. The van der Waals surface area contributed by atoms with Crippen LogP contribution in [0, 0.1) is 10.1 Å². The molecule has 25 heavy (non-hydrogen) atoms. The van der Waals surface area contributed by atoms with Gasteiger partial charge in [-0.25, -0.2) is 0 Å². The summed E-state index contributed by atoms with van der Waals surface area (Å²) in [7, 11) is 0. The van der Waals surface area contributed by atoms with E-state index in [1.807, 2.05) is 28.5 Å². The lowest BCUT2D eigenvalue weighted by molar-refractivity contribution is -0.389. The summed E-state index contributed by atoms with van der Waals surface area (Å²) in [4.78, 5) is 19.1. The van der Waals surface area contributed by atoms with Crippen LogP contribution in [0.5, 0.6) is 0 Å². The topological polar surface area (TPSA) is 72.9 Å². The minimum atomic E-state index is -0.355. The number of pyridine rings is 1. The Labute approximate surface area is 148 Å². The van der Waals surface area contributed by atoms with Crippen molar-refractivity contribution in [1.82, 2.24) is 9.38 Å². The Morgan fingerprint density at radius 2 is 2.32 bits per heavy atom. The first-order valence-electron chi connectivity index (χ1n) is 8.23. The molecule has 8 heteroatoms. The maximum atomic E-state index is 11.7. The summed E-state index contributed by atoms with van der Waals surface area (Å²) in [5, 5.41) is 13.7. The summed E-state index contributed by atoms with van der Waals surface area (Å²) in [5.41, 5.74) is 0.577. The predicted octanol–water partition coefficient (Wildman–Crippen LogP) is 3.49. The molecule has 0 aliphatic carbocycles. The molecule has 0 radical (unpaired) electrons. The largest absolute Gasteiger partial charge is 0.376 e. The van der Waals surface area contributed by atoms with E-state index in [2.05, 4.69) is 4.98 Å². The number of anilines is 1. The fourth-order valence-corrected chi connectivity index (χ4v) is 3.92. The first-order valence-corrected chi connectivity index (χ1v) is 9.11. The van der Waals surface area contributed by atoms with Crippen LogP contribution in [0.25, 0.3) is 5.65 Å². The third-order valence-corrected chi connectivity index (χ3v) is 5.20. The molecule has 1 atom stereocenters. The highest BCUT2D eigenvalue weighted by atomic mass is 32.1. The SMILES string of the molecule is O=[N+]([O-])c1c(N(Cc2cccs2)C[C@@H]2CCCO2)nc2ccccn12. The van der Waals surface area contributed by atoms with E-state index in [4.69, 9.17) is 4.74 Å². The van der Waals surface area contributed by atoms with Crippen LogP contribution in [0.15, 0.2) is 41.9 Å². The number of rotatable bonds is 6. The van der Waals surface area contributed by atoms with Crippen molar-refractivity contribution >= 4 is 28.6 Å². The van der Waals surface area contributed by atoms with E-state index in [0.29, 0.717) is 24.6 Å². The van der Waals surface area contributed by atoms with Crippen molar-refractivity contribution in [2.75, 3.05) is 18.1 Å². The van der Waals surface area contributed by atoms with Crippen molar-refractivity contribution in [3.05, 3.63) is 56.9 Å². The average Bonchev–Trinajstić information content (AvgIpc) is 3.34. The van der Waals surface area contributed by atoms with Crippen molar-refractivity contribution < 1.29 is 9.66 Å². The number of hydrogen-bond acceptors (Lipinski definition) is 6. The van der Waals surface area contributed by atoms with Gasteiger partial charge < -0.3 is 19.8 Å². The van der Waals surface area contributed by atoms with Crippen LogP contribution in [-0.2, 0) is 11.3 Å². The second-order valence-corrected chi connectivity index (χ2v) is 7.07. The molecule has 0 N–H and O–H groups in total. The van der Waals surface area contributed by atoms with Gasteiger partial charge in [0.15, 0.2) is 0 Å². The van der Waals surface area contributed by atoms with Gasteiger partial charge in [-0.2, -0.15) is 9.38 Å². The quantitative estimate of drug-likeness (QED) is 0.498. The molecule has 4 heterocycles. The highest BCUT2D eigenvalue weighted by Gasteiger charge is 2.29. The molecule has 1 aliphatic rings. The zero-order valence-corrected chi connectivity index (χ0v) is 14.4. The van der Waals surface area contributed by atoms with Gasteiger partial charge in [0, 0.05) is 24.1 Å². The van der Waals surface area contributed by atoms with Gasteiger partial charge in [-0.1, -0.05) is 12.1 Å². The summed E-state index contributed by atoms with van der Waals surface area (Å²) < 4.78 is 7.29. The molecule has 0 aromatic carbocycles. The minimum absolute atomic E-state index is 0.00477. The Morgan fingerprint density at radius 1 is 1.40 bits per heavy atom. The molecular formula is C17H18N4O3S. The Bertz CT molecular complexity index is 871. The molecule has 0 unspecified atom stereocenters. The molecule has 4 rings (SSSR count). The molecule has 3 aromatic rings. The molecule has 3 aromatic heterocycles. The molecule has 1 saturated heterocycles. The van der Waals surface area contributed by atoms with Crippen molar-refractivity contribution in [3.63, 3.8) is 0 Å². The molecule has 1 aliphatic heterocycles. The van der Waals surface area contributed by atoms with Crippen LogP contribution >= 0.6 is 11.3 Å². The van der Waals surface area contributed by atoms with Gasteiger partial charge >= 0.3 is 5.82 Å². The van der Waals surface area contributed by atoms with Crippen molar-refractivity contribution in [2.24, 2.45) is 0 Å². The Balaban J connectivity index is 1.76. The van der Waals surface area contributed by atoms with Gasteiger partial charge in [-0.3, -0.25) is 0 Å². The molecular weight excluding hydrogens is 340 g/mol. The summed E-state index contributed by atoms with van der Waals surface area (Å²) in [5.74, 6) is 0.408. The van der Waals surface area contributed by atoms with E-state index in [1.54, 1.807) is 29.7 Å². The molecule has 0 spiro atoms. The van der Waals surface area contributed by atoms with Crippen molar-refractivity contribution in [3.8, 4) is 0 Å². The lowest BCUT2D eigenvalue weighted by atomic mass is 10.2. The third kappa shape index (κ3) is 3.22. The first kappa shape index (κ1) is 16.0. The number of nitrogens with zero attached hydrogens (tertiary/aromatic N) is 4. The standard InChI is InChI=1S/C17H18N4O3S/c22-21(23)17-16(18-15-7-1-2-8-20(15)17)19(11-13-5-3-9-24-13)12-14-6-4-10-25-14/h1-2,4,6-8,10,13H,3,5,9,11-12H2/t13-/m0/s1. The van der Waals surface area contributed by atoms with Gasteiger partial charge in [0.25, 0.3) is 0 Å². The highest BCUT2D eigenvalue weighted by Crippen LogP contribution is 2.31. The maximum Gasteiger partial charge on any atom is 0.372 e. The number of imidazole rings is 1. The monoisotopic (exact) mass is 358 g/mol. The zero-order chi connectivity index (χ0) is 17.2. The summed E-state index contributed by atoms with van der Waals surface area (Å²) in [6.07, 6.45) is 3.77. The predicted molar refractivity (Wildman–Crippen MR) is 96.2 cm³/mol. The molecule has 0 bridgehead atoms. The van der Waals surface area contributed by atoms with E-state index in [-0.39, 0.29) is 16.8 Å². The lowest BCUT2D eigenvalue weighted by Gasteiger charge is -2.24. The van der Waals surface area contributed by atoms with Crippen LogP contribution in [0.1, 0.15) is 17.7 Å². The number of fused-ring (bicyclic) bond motifs is 1. The van der Waals surface area contributed by atoms with Gasteiger partial charge in [0.1, 0.15) is 0 Å². The number of thiophene rings is 1. The zero-order valence-electron chi connectivity index (χ0n) is 13.6. The summed E-state index contributed by atoms with van der Waals surface area (Å²) in [6.45, 7) is 1.94. The van der Waals surface area contributed by atoms with E-state index < -0.39 is 0 Å². The second kappa shape index (κ2) is 6.81.